The molecule has 2 amide bonds. The van der Waals surface area contributed by atoms with Crippen LogP contribution in [0, 0.1) is 6.92 Å². The second-order valence-electron chi connectivity index (χ2n) is 4.89. The van der Waals surface area contributed by atoms with Crippen molar-refractivity contribution in [3.05, 3.63) is 53.6 Å². The molecule has 0 heterocycles. The maximum absolute atomic E-state index is 12.3. The lowest BCUT2D eigenvalue weighted by Crippen LogP contribution is -2.20. The molecule has 0 saturated heterocycles. The number of para-hydroxylation sites is 1. The van der Waals surface area contributed by atoms with Gasteiger partial charge >= 0.3 is 0 Å². The van der Waals surface area contributed by atoms with Gasteiger partial charge in [0.25, 0.3) is 11.8 Å². The monoisotopic (exact) mass is 314 g/mol. The van der Waals surface area contributed by atoms with Crippen LogP contribution in [0.3, 0.4) is 0 Å². The molecule has 6 nitrogen and oxygen atoms in total. The molecule has 0 bridgehead atoms. The third-order valence-electron chi connectivity index (χ3n) is 3.19. The zero-order valence-electron chi connectivity index (χ0n) is 13.0. The number of hydrogen-bond acceptors (Lipinski definition) is 4. The number of ether oxygens (including phenoxy) is 2. The number of methoxy groups -OCH3 is 1. The van der Waals surface area contributed by atoms with E-state index < -0.39 is 5.91 Å². The second-order valence-corrected chi connectivity index (χ2v) is 4.89. The van der Waals surface area contributed by atoms with Gasteiger partial charge in [0.2, 0.25) is 0 Å². The fourth-order valence-corrected chi connectivity index (χ4v) is 1.98. The van der Waals surface area contributed by atoms with Gasteiger partial charge in [-0.1, -0.05) is 18.2 Å². The molecule has 2 aromatic rings. The van der Waals surface area contributed by atoms with E-state index in [1.54, 1.807) is 18.2 Å². The number of rotatable bonds is 6. The summed E-state index contributed by atoms with van der Waals surface area (Å²) in [6, 6.07) is 12.2. The van der Waals surface area contributed by atoms with E-state index in [4.69, 9.17) is 15.2 Å². The Bertz CT molecular complexity index is 728. The smallest absolute Gasteiger partial charge is 0.255 e. The largest absolute Gasteiger partial charge is 0.493 e. The summed E-state index contributed by atoms with van der Waals surface area (Å²) in [5, 5.41) is 2.84. The molecular weight excluding hydrogens is 296 g/mol. The van der Waals surface area contributed by atoms with Crippen molar-refractivity contribution < 1.29 is 19.1 Å². The maximum atomic E-state index is 12.3. The van der Waals surface area contributed by atoms with Crippen molar-refractivity contribution in [3.63, 3.8) is 0 Å². The molecule has 2 rings (SSSR count). The normalized spacial score (nSPS) is 10.0. The number of benzene rings is 2. The van der Waals surface area contributed by atoms with Gasteiger partial charge in [-0.15, -0.1) is 0 Å². The van der Waals surface area contributed by atoms with Crippen molar-refractivity contribution in [2.75, 3.05) is 19.0 Å². The molecule has 0 radical (unpaired) electrons. The lowest BCUT2D eigenvalue weighted by atomic mass is 10.1. The van der Waals surface area contributed by atoms with E-state index in [0.717, 1.165) is 11.3 Å². The van der Waals surface area contributed by atoms with Crippen LogP contribution in [-0.2, 0) is 4.79 Å². The van der Waals surface area contributed by atoms with Gasteiger partial charge in [0.15, 0.2) is 18.1 Å². The van der Waals surface area contributed by atoms with Crippen LogP contribution in [0.15, 0.2) is 42.5 Å². The standard InChI is InChI=1S/C17H18N2O4/c1-11-5-3-4-6-13(11)19-17(21)12-7-8-14(15(9-12)22-2)23-10-16(18)20/h3-9H,10H2,1-2H3,(H2,18,20)(H,19,21). The summed E-state index contributed by atoms with van der Waals surface area (Å²) >= 11 is 0. The Morgan fingerprint density at radius 1 is 1.13 bits per heavy atom. The van der Waals surface area contributed by atoms with Gasteiger partial charge in [-0.25, -0.2) is 0 Å². The highest BCUT2D eigenvalue weighted by Crippen LogP contribution is 2.28. The van der Waals surface area contributed by atoms with Crippen LogP contribution in [-0.4, -0.2) is 25.5 Å². The lowest BCUT2D eigenvalue weighted by molar-refractivity contribution is -0.119. The van der Waals surface area contributed by atoms with Crippen molar-refractivity contribution in [2.24, 2.45) is 5.73 Å². The molecule has 3 N–H and O–H groups in total. The second kappa shape index (κ2) is 7.31. The number of hydrogen-bond donors (Lipinski definition) is 2. The van der Waals surface area contributed by atoms with Crippen molar-refractivity contribution in [1.29, 1.82) is 0 Å². The van der Waals surface area contributed by atoms with Crippen LogP contribution in [0.5, 0.6) is 11.5 Å². The maximum Gasteiger partial charge on any atom is 0.255 e. The minimum atomic E-state index is -0.589. The fourth-order valence-electron chi connectivity index (χ4n) is 1.98. The van der Waals surface area contributed by atoms with E-state index in [-0.39, 0.29) is 12.5 Å². The van der Waals surface area contributed by atoms with Crippen molar-refractivity contribution in [1.82, 2.24) is 0 Å². The molecule has 2 aromatic carbocycles. The molecule has 120 valence electrons. The Kier molecular flexibility index (Phi) is 5.19. The predicted molar refractivity (Wildman–Crippen MR) is 86.8 cm³/mol. The summed E-state index contributed by atoms with van der Waals surface area (Å²) in [6.45, 7) is 1.65. The highest BCUT2D eigenvalue weighted by Gasteiger charge is 2.12. The van der Waals surface area contributed by atoms with E-state index in [2.05, 4.69) is 5.32 Å². The number of nitrogens with one attached hydrogen (secondary N) is 1. The van der Waals surface area contributed by atoms with Crippen LogP contribution < -0.4 is 20.5 Å². The van der Waals surface area contributed by atoms with E-state index in [9.17, 15) is 9.59 Å². The van der Waals surface area contributed by atoms with Crippen LogP contribution in [0.1, 0.15) is 15.9 Å². The summed E-state index contributed by atoms with van der Waals surface area (Å²) in [6.07, 6.45) is 0. The van der Waals surface area contributed by atoms with Gasteiger partial charge < -0.3 is 20.5 Å². The highest BCUT2D eigenvalue weighted by atomic mass is 16.5. The number of aryl methyl sites for hydroxylation is 1. The van der Waals surface area contributed by atoms with Crippen LogP contribution in [0.4, 0.5) is 5.69 Å². The Morgan fingerprint density at radius 2 is 1.87 bits per heavy atom. The van der Waals surface area contributed by atoms with Crippen molar-refractivity contribution >= 4 is 17.5 Å². The number of carbonyl (C=O) groups is 2. The van der Waals surface area contributed by atoms with Crippen LogP contribution >= 0.6 is 0 Å². The van der Waals surface area contributed by atoms with Gasteiger partial charge in [0.1, 0.15) is 0 Å². The molecule has 0 spiro atoms. The summed E-state index contributed by atoms with van der Waals surface area (Å²) in [5.74, 6) is -0.157. The Labute approximate surface area is 134 Å². The minimum absolute atomic E-state index is 0.259. The number of nitrogens with two attached hydrogens (primary N) is 1. The van der Waals surface area contributed by atoms with Crippen molar-refractivity contribution in [3.8, 4) is 11.5 Å². The Balaban J connectivity index is 2.18. The Morgan fingerprint density at radius 3 is 2.52 bits per heavy atom. The molecule has 0 aliphatic rings. The number of amides is 2. The van der Waals surface area contributed by atoms with Gasteiger partial charge in [-0.2, -0.15) is 0 Å². The van der Waals surface area contributed by atoms with E-state index in [1.165, 1.54) is 7.11 Å². The first-order valence-electron chi connectivity index (χ1n) is 6.97. The molecule has 0 aliphatic heterocycles. The van der Waals surface area contributed by atoms with Gasteiger partial charge in [-0.3, -0.25) is 9.59 Å². The molecule has 0 aliphatic carbocycles. The molecule has 0 saturated carbocycles. The zero-order chi connectivity index (χ0) is 16.8. The third kappa shape index (κ3) is 4.23. The Hall–Kier alpha value is -3.02. The average Bonchev–Trinajstić information content (AvgIpc) is 2.54. The number of primary amides is 1. The van der Waals surface area contributed by atoms with Crippen LogP contribution in [0.25, 0.3) is 0 Å². The van der Waals surface area contributed by atoms with Gasteiger partial charge in [-0.05, 0) is 36.8 Å². The third-order valence-corrected chi connectivity index (χ3v) is 3.19. The minimum Gasteiger partial charge on any atom is -0.493 e. The molecule has 0 aromatic heterocycles. The number of carbonyl (C=O) groups excluding carboxylic acids is 2. The first-order chi connectivity index (χ1) is 11.0. The van der Waals surface area contributed by atoms with Crippen molar-refractivity contribution in [2.45, 2.75) is 6.92 Å². The lowest BCUT2D eigenvalue weighted by Gasteiger charge is -2.12. The fraction of sp³-hybridized carbons (Fsp3) is 0.176. The average molecular weight is 314 g/mol. The highest BCUT2D eigenvalue weighted by molar-refractivity contribution is 6.05. The van der Waals surface area contributed by atoms with E-state index >= 15 is 0 Å². The topological polar surface area (TPSA) is 90.7 Å². The van der Waals surface area contributed by atoms with Crippen LogP contribution in [0.2, 0.25) is 0 Å². The molecule has 0 unspecified atom stereocenters. The summed E-state index contributed by atoms with van der Waals surface area (Å²) in [4.78, 5) is 23.1. The number of anilines is 1. The zero-order valence-corrected chi connectivity index (χ0v) is 13.0. The summed E-state index contributed by atoms with van der Waals surface area (Å²) in [5.41, 5.74) is 7.16. The van der Waals surface area contributed by atoms with E-state index in [1.807, 2.05) is 31.2 Å². The summed E-state index contributed by atoms with van der Waals surface area (Å²) in [7, 11) is 1.45. The molecule has 0 atom stereocenters. The summed E-state index contributed by atoms with van der Waals surface area (Å²) < 4.78 is 10.4. The molecular formula is C17H18N2O4. The molecule has 0 fully saturated rings. The first kappa shape index (κ1) is 16.4. The van der Waals surface area contributed by atoms with Gasteiger partial charge in [0.05, 0.1) is 7.11 Å². The SMILES string of the molecule is COc1cc(C(=O)Nc2ccccc2C)ccc1OCC(N)=O. The predicted octanol–water partition coefficient (Wildman–Crippen LogP) is 2.12. The van der Waals surface area contributed by atoms with E-state index in [0.29, 0.717) is 17.1 Å². The molecule has 6 heteroatoms. The molecule has 23 heavy (non-hydrogen) atoms. The quantitative estimate of drug-likeness (QED) is 0.854. The first-order valence-corrected chi connectivity index (χ1v) is 6.97. The van der Waals surface area contributed by atoms with Gasteiger partial charge in [0, 0.05) is 11.3 Å².